The van der Waals surface area contributed by atoms with Crippen molar-refractivity contribution >= 4 is 5.91 Å². The molecule has 1 aliphatic carbocycles. The van der Waals surface area contributed by atoms with E-state index in [4.69, 9.17) is 4.74 Å². The molecule has 4 heteroatoms. The number of methoxy groups -OCH3 is 1. The van der Waals surface area contributed by atoms with E-state index < -0.39 is 6.10 Å². The van der Waals surface area contributed by atoms with Crippen LogP contribution in [-0.2, 0) is 11.2 Å². The molecule has 0 heterocycles. The number of rotatable bonds is 6. The van der Waals surface area contributed by atoms with E-state index in [1.807, 2.05) is 24.3 Å². The zero-order valence-corrected chi connectivity index (χ0v) is 12.0. The molecule has 0 aliphatic heterocycles. The maximum atomic E-state index is 11.9. The molecule has 1 aliphatic rings. The summed E-state index contributed by atoms with van der Waals surface area (Å²) in [5, 5.41) is 12.8. The molecule has 2 rings (SSSR count). The number of benzene rings is 1. The Bertz CT molecular complexity index is 441. The number of amides is 1. The molecule has 0 bridgehead atoms. The van der Waals surface area contributed by atoms with Gasteiger partial charge in [0.1, 0.15) is 5.75 Å². The van der Waals surface area contributed by atoms with Crippen molar-refractivity contribution in [2.75, 3.05) is 13.7 Å². The van der Waals surface area contributed by atoms with Gasteiger partial charge < -0.3 is 15.2 Å². The minimum absolute atomic E-state index is 0.0599. The van der Waals surface area contributed by atoms with Gasteiger partial charge in [0.15, 0.2) is 0 Å². The highest BCUT2D eigenvalue weighted by Gasteiger charge is 2.23. The van der Waals surface area contributed by atoms with Gasteiger partial charge in [0.05, 0.1) is 19.6 Å². The molecule has 0 spiro atoms. The summed E-state index contributed by atoms with van der Waals surface area (Å²) in [5.41, 5.74) is 0.914. The van der Waals surface area contributed by atoms with E-state index in [2.05, 4.69) is 5.32 Å². The van der Waals surface area contributed by atoms with E-state index in [0.29, 0.717) is 18.9 Å². The smallest absolute Gasteiger partial charge is 0.224 e. The summed E-state index contributed by atoms with van der Waals surface area (Å²) in [6.45, 7) is 0.355. The van der Waals surface area contributed by atoms with Crippen LogP contribution in [-0.4, -0.2) is 30.8 Å². The van der Waals surface area contributed by atoms with E-state index >= 15 is 0 Å². The van der Waals surface area contributed by atoms with Crippen LogP contribution in [0.1, 0.15) is 31.2 Å². The molecule has 0 radical (unpaired) electrons. The normalized spacial score (nSPS) is 16.9. The minimum atomic E-state index is -0.410. The molecule has 4 nitrogen and oxygen atoms in total. The van der Waals surface area contributed by atoms with E-state index in [1.165, 1.54) is 12.8 Å². The molecular formula is C16H23NO3. The lowest BCUT2D eigenvalue weighted by Crippen LogP contribution is -2.36. The average Bonchev–Trinajstić information content (AvgIpc) is 2.99. The van der Waals surface area contributed by atoms with Gasteiger partial charge in [0, 0.05) is 6.54 Å². The monoisotopic (exact) mass is 277 g/mol. The van der Waals surface area contributed by atoms with Crippen LogP contribution >= 0.6 is 0 Å². The van der Waals surface area contributed by atoms with Gasteiger partial charge in [-0.3, -0.25) is 4.79 Å². The lowest BCUT2D eigenvalue weighted by molar-refractivity contribution is -0.121. The lowest BCUT2D eigenvalue weighted by Gasteiger charge is -2.18. The summed E-state index contributed by atoms with van der Waals surface area (Å²) in [4.78, 5) is 11.9. The lowest BCUT2D eigenvalue weighted by atomic mass is 10.0. The van der Waals surface area contributed by atoms with Gasteiger partial charge in [-0.2, -0.15) is 0 Å². The summed E-state index contributed by atoms with van der Waals surface area (Å²) in [5.74, 6) is 1.05. The standard InChI is InChI=1S/C16H23NO3/c1-20-14-8-4-5-12(9-14)10-16(19)17-11-15(18)13-6-2-3-7-13/h4-5,8-9,13,15,18H,2-3,6-7,10-11H2,1H3,(H,17,19). The van der Waals surface area contributed by atoms with Crippen LogP contribution in [0.2, 0.25) is 0 Å². The second kappa shape index (κ2) is 7.29. The summed E-state index contributed by atoms with van der Waals surface area (Å²) >= 11 is 0. The predicted molar refractivity (Wildman–Crippen MR) is 77.7 cm³/mol. The van der Waals surface area contributed by atoms with E-state index in [9.17, 15) is 9.90 Å². The first kappa shape index (κ1) is 14.9. The molecule has 1 unspecified atom stereocenters. The zero-order chi connectivity index (χ0) is 14.4. The minimum Gasteiger partial charge on any atom is -0.497 e. The van der Waals surface area contributed by atoms with Crippen LogP contribution < -0.4 is 10.1 Å². The Hall–Kier alpha value is -1.55. The molecular weight excluding hydrogens is 254 g/mol. The van der Waals surface area contributed by atoms with Crippen LogP contribution in [0.5, 0.6) is 5.75 Å². The SMILES string of the molecule is COc1cccc(CC(=O)NCC(O)C2CCCC2)c1. The Morgan fingerprint density at radius 2 is 2.20 bits per heavy atom. The molecule has 1 aromatic carbocycles. The van der Waals surface area contributed by atoms with Gasteiger partial charge >= 0.3 is 0 Å². The second-order valence-electron chi connectivity index (χ2n) is 5.44. The summed E-state index contributed by atoms with van der Waals surface area (Å²) in [6.07, 6.45) is 4.44. The Morgan fingerprint density at radius 3 is 2.90 bits per heavy atom. The third kappa shape index (κ3) is 4.23. The topological polar surface area (TPSA) is 58.6 Å². The van der Waals surface area contributed by atoms with Crippen LogP contribution in [0.4, 0.5) is 0 Å². The number of ether oxygens (including phenoxy) is 1. The van der Waals surface area contributed by atoms with Crippen molar-refractivity contribution in [1.29, 1.82) is 0 Å². The predicted octanol–water partition coefficient (Wildman–Crippen LogP) is 1.90. The van der Waals surface area contributed by atoms with E-state index in [1.54, 1.807) is 7.11 Å². The molecule has 110 valence electrons. The molecule has 20 heavy (non-hydrogen) atoms. The first-order valence-electron chi connectivity index (χ1n) is 7.26. The third-order valence-corrected chi connectivity index (χ3v) is 3.95. The van der Waals surface area contributed by atoms with Gasteiger partial charge in [-0.05, 0) is 36.5 Å². The highest BCUT2D eigenvalue weighted by molar-refractivity contribution is 5.78. The fourth-order valence-corrected chi connectivity index (χ4v) is 2.76. The summed E-state index contributed by atoms with van der Waals surface area (Å²) in [6, 6.07) is 7.47. The Kier molecular flexibility index (Phi) is 5.41. The summed E-state index contributed by atoms with van der Waals surface area (Å²) < 4.78 is 5.13. The van der Waals surface area contributed by atoms with Gasteiger partial charge in [-0.15, -0.1) is 0 Å². The Labute approximate surface area is 120 Å². The van der Waals surface area contributed by atoms with Crippen molar-refractivity contribution in [2.45, 2.75) is 38.2 Å². The van der Waals surface area contributed by atoms with Crippen LogP contribution in [0.15, 0.2) is 24.3 Å². The highest BCUT2D eigenvalue weighted by Crippen LogP contribution is 2.27. The molecule has 1 atom stereocenters. The van der Waals surface area contributed by atoms with Gasteiger partial charge in [0.2, 0.25) is 5.91 Å². The number of hydrogen-bond acceptors (Lipinski definition) is 3. The maximum Gasteiger partial charge on any atom is 0.224 e. The van der Waals surface area contributed by atoms with E-state index in [-0.39, 0.29) is 5.91 Å². The first-order chi connectivity index (χ1) is 9.69. The number of hydrogen-bond donors (Lipinski definition) is 2. The number of carbonyl (C=O) groups excluding carboxylic acids is 1. The van der Waals surface area contributed by atoms with Crippen LogP contribution in [0, 0.1) is 5.92 Å². The molecule has 1 fully saturated rings. The number of aliphatic hydroxyl groups is 1. The number of nitrogens with one attached hydrogen (secondary N) is 1. The fourth-order valence-electron chi connectivity index (χ4n) is 2.76. The molecule has 1 amide bonds. The van der Waals surface area contributed by atoms with Crippen LogP contribution in [0.3, 0.4) is 0 Å². The first-order valence-corrected chi connectivity index (χ1v) is 7.26. The quantitative estimate of drug-likeness (QED) is 0.835. The van der Waals surface area contributed by atoms with Crippen molar-refractivity contribution in [1.82, 2.24) is 5.32 Å². The van der Waals surface area contributed by atoms with Gasteiger partial charge in [0.25, 0.3) is 0 Å². The third-order valence-electron chi connectivity index (χ3n) is 3.95. The van der Waals surface area contributed by atoms with Gasteiger partial charge in [-0.25, -0.2) is 0 Å². The van der Waals surface area contributed by atoms with Crippen molar-refractivity contribution in [3.63, 3.8) is 0 Å². The summed E-state index contributed by atoms with van der Waals surface area (Å²) in [7, 11) is 1.61. The van der Waals surface area contributed by atoms with Crippen molar-refractivity contribution < 1.29 is 14.6 Å². The molecule has 1 saturated carbocycles. The number of carbonyl (C=O) groups is 1. The van der Waals surface area contributed by atoms with Crippen molar-refractivity contribution in [2.24, 2.45) is 5.92 Å². The number of aliphatic hydroxyl groups excluding tert-OH is 1. The molecule has 0 saturated heterocycles. The van der Waals surface area contributed by atoms with Crippen molar-refractivity contribution in [3.8, 4) is 5.75 Å². The average molecular weight is 277 g/mol. The largest absolute Gasteiger partial charge is 0.497 e. The maximum absolute atomic E-state index is 11.9. The fraction of sp³-hybridized carbons (Fsp3) is 0.562. The van der Waals surface area contributed by atoms with Crippen LogP contribution in [0.25, 0.3) is 0 Å². The van der Waals surface area contributed by atoms with Crippen molar-refractivity contribution in [3.05, 3.63) is 29.8 Å². The highest BCUT2D eigenvalue weighted by atomic mass is 16.5. The Balaban J connectivity index is 1.76. The van der Waals surface area contributed by atoms with Gasteiger partial charge in [-0.1, -0.05) is 25.0 Å². The Morgan fingerprint density at radius 1 is 1.45 bits per heavy atom. The second-order valence-corrected chi connectivity index (χ2v) is 5.44. The molecule has 2 N–H and O–H groups in total. The van der Waals surface area contributed by atoms with E-state index in [0.717, 1.165) is 24.2 Å². The zero-order valence-electron chi connectivity index (χ0n) is 12.0. The molecule has 0 aromatic heterocycles. The molecule has 1 aromatic rings.